The number of carbonyl (C=O) groups is 1. The molecule has 2 heterocycles. The molecule has 1 amide bonds. The molecule has 2 aromatic heterocycles. The van der Waals surface area contributed by atoms with Gasteiger partial charge in [0.2, 0.25) is 0 Å². The summed E-state index contributed by atoms with van der Waals surface area (Å²) in [6.07, 6.45) is 4.23. The predicted molar refractivity (Wildman–Crippen MR) is 144 cm³/mol. The second-order valence-electron chi connectivity index (χ2n) is 9.34. The van der Waals surface area contributed by atoms with Gasteiger partial charge < -0.3 is 11.1 Å². The van der Waals surface area contributed by atoms with E-state index in [-0.39, 0.29) is 5.91 Å². The van der Waals surface area contributed by atoms with Crippen molar-refractivity contribution in [3.63, 3.8) is 0 Å². The standard InChI is InChI=1S/C28H28ClN3OS/c1-15(2)17-9-11-18(12-10-17)23-20-6-4-5-7-22(20)32-28-24(23)25(30)26(34-28)27(33)31-19-13-8-16(3)21(29)14-19/h8-15H,4-7,30H2,1-3H3,(H,31,33). The molecule has 0 fully saturated rings. The number of hydrogen-bond acceptors (Lipinski definition) is 4. The van der Waals surface area contributed by atoms with Gasteiger partial charge in [-0.15, -0.1) is 11.3 Å². The Morgan fingerprint density at radius 2 is 1.85 bits per heavy atom. The van der Waals surface area contributed by atoms with Crippen molar-refractivity contribution in [2.24, 2.45) is 0 Å². The zero-order valence-corrected chi connectivity index (χ0v) is 21.2. The van der Waals surface area contributed by atoms with Crippen LogP contribution in [0.2, 0.25) is 5.02 Å². The molecule has 0 bridgehead atoms. The molecule has 34 heavy (non-hydrogen) atoms. The van der Waals surface area contributed by atoms with Gasteiger partial charge in [0.05, 0.1) is 5.69 Å². The maximum absolute atomic E-state index is 13.2. The van der Waals surface area contributed by atoms with Gasteiger partial charge in [0.25, 0.3) is 5.91 Å². The number of anilines is 2. The third-order valence-corrected chi connectivity index (χ3v) is 8.16. The molecule has 0 saturated carbocycles. The lowest BCUT2D eigenvalue weighted by Gasteiger charge is -2.20. The molecule has 0 atom stereocenters. The zero-order valence-electron chi connectivity index (χ0n) is 19.7. The quantitative estimate of drug-likeness (QED) is 0.307. The highest BCUT2D eigenvalue weighted by atomic mass is 35.5. The molecule has 0 aliphatic heterocycles. The second kappa shape index (κ2) is 9.05. The fraction of sp³-hybridized carbons (Fsp3) is 0.286. The first-order valence-corrected chi connectivity index (χ1v) is 12.9. The van der Waals surface area contributed by atoms with E-state index >= 15 is 0 Å². The number of hydrogen-bond donors (Lipinski definition) is 2. The topological polar surface area (TPSA) is 68.0 Å². The van der Waals surface area contributed by atoms with Crippen molar-refractivity contribution in [3.8, 4) is 11.1 Å². The first-order valence-electron chi connectivity index (χ1n) is 11.7. The zero-order chi connectivity index (χ0) is 24.0. The van der Waals surface area contributed by atoms with Gasteiger partial charge >= 0.3 is 0 Å². The molecule has 174 valence electrons. The van der Waals surface area contributed by atoms with Gasteiger partial charge in [-0.25, -0.2) is 4.98 Å². The lowest BCUT2D eigenvalue weighted by atomic mass is 9.87. The third kappa shape index (κ3) is 4.08. The number of benzene rings is 2. The number of nitrogens with zero attached hydrogens (tertiary/aromatic N) is 1. The van der Waals surface area contributed by atoms with Gasteiger partial charge in [0, 0.05) is 21.8 Å². The Bertz CT molecular complexity index is 1410. The Morgan fingerprint density at radius 1 is 1.12 bits per heavy atom. The van der Waals surface area contributed by atoms with Crippen LogP contribution >= 0.6 is 22.9 Å². The number of nitrogens with two attached hydrogens (primary N) is 1. The minimum absolute atomic E-state index is 0.237. The molecule has 5 rings (SSSR count). The summed E-state index contributed by atoms with van der Waals surface area (Å²) in [5, 5.41) is 4.47. The SMILES string of the molecule is Cc1ccc(NC(=O)c2sc3nc4c(c(-c5ccc(C(C)C)cc5)c3c2N)CCCC4)cc1Cl. The summed E-state index contributed by atoms with van der Waals surface area (Å²) in [5.41, 5.74) is 14.8. The number of pyridine rings is 1. The number of thiophene rings is 1. The molecule has 0 radical (unpaired) electrons. The number of carbonyl (C=O) groups excluding carboxylic acids is 1. The van der Waals surface area contributed by atoms with E-state index in [2.05, 4.69) is 43.4 Å². The average molecular weight is 490 g/mol. The number of fused-ring (bicyclic) bond motifs is 2. The van der Waals surface area contributed by atoms with Crippen LogP contribution in [0.5, 0.6) is 0 Å². The lowest BCUT2D eigenvalue weighted by Crippen LogP contribution is -2.12. The van der Waals surface area contributed by atoms with Crippen LogP contribution in [0.1, 0.15) is 64.7 Å². The molecule has 3 N–H and O–H groups in total. The number of aromatic nitrogens is 1. The molecule has 4 nitrogen and oxygen atoms in total. The van der Waals surface area contributed by atoms with Crippen LogP contribution in [-0.4, -0.2) is 10.9 Å². The molecule has 0 unspecified atom stereocenters. The lowest BCUT2D eigenvalue weighted by molar-refractivity contribution is 0.103. The van der Waals surface area contributed by atoms with Crippen LogP contribution < -0.4 is 11.1 Å². The first-order chi connectivity index (χ1) is 16.3. The van der Waals surface area contributed by atoms with Crippen molar-refractivity contribution in [1.82, 2.24) is 4.98 Å². The molecule has 6 heteroatoms. The maximum atomic E-state index is 13.2. The Balaban J connectivity index is 1.64. The largest absolute Gasteiger partial charge is 0.397 e. The van der Waals surface area contributed by atoms with E-state index in [9.17, 15) is 4.79 Å². The Morgan fingerprint density at radius 3 is 2.56 bits per heavy atom. The number of nitrogens with one attached hydrogen (secondary N) is 1. The summed E-state index contributed by atoms with van der Waals surface area (Å²) in [5.74, 6) is 0.233. The number of aryl methyl sites for hydroxylation is 2. The van der Waals surface area contributed by atoms with E-state index in [0.717, 1.165) is 58.3 Å². The van der Waals surface area contributed by atoms with Crippen molar-refractivity contribution in [3.05, 3.63) is 74.7 Å². The van der Waals surface area contributed by atoms with E-state index in [1.807, 2.05) is 19.1 Å². The van der Waals surface area contributed by atoms with Gasteiger partial charge in [-0.3, -0.25) is 4.79 Å². The molecular formula is C28H28ClN3OS. The molecule has 1 aliphatic carbocycles. The molecule has 0 spiro atoms. The number of nitrogen functional groups attached to an aromatic ring is 1. The van der Waals surface area contributed by atoms with E-state index in [0.29, 0.717) is 27.2 Å². The summed E-state index contributed by atoms with van der Waals surface area (Å²) in [7, 11) is 0. The van der Waals surface area contributed by atoms with Gasteiger partial charge in [0.15, 0.2) is 0 Å². The average Bonchev–Trinajstić information content (AvgIpc) is 3.16. The molecule has 1 aliphatic rings. The van der Waals surface area contributed by atoms with E-state index < -0.39 is 0 Å². The monoisotopic (exact) mass is 489 g/mol. The van der Waals surface area contributed by atoms with Crippen molar-refractivity contribution in [2.75, 3.05) is 11.1 Å². The van der Waals surface area contributed by atoms with Crippen molar-refractivity contribution >= 4 is 50.4 Å². The first kappa shape index (κ1) is 22.9. The summed E-state index contributed by atoms with van der Waals surface area (Å²) >= 11 is 7.61. The van der Waals surface area contributed by atoms with Crippen molar-refractivity contribution in [1.29, 1.82) is 0 Å². The minimum atomic E-state index is -0.237. The molecular weight excluding hydrogens is 462 g/mol. The highest BCUT2D eigenvalue weighted by Gasteiger charge is 2.26. The van der Waals surface area contributed by atoms with Gasteiger partial charge in [-0.05, 0) is 78.5 Å². The Kier molecular flexibility index (Phi) is 6.09. The van der Waals surface area contributed by atoms with Crippen LogP contribution in [-0.2, 0) is 12.8 Å². The second-order valence-corrected chi connectivity index (χ2v) is 10.7. The van der Waals surface area contributed by atoms with E-state index in [1.54, 1.807) is 6.07 Å². The smallest absolute Gasteiger partial charge is 0.267 e. The number of halogens is 1. The van der Waals surface area contributed by atoms with Crippen LogP contribution in [0.15, 0.2) is 42.5 Å². The number of rotatable bonds is 4. The summed E-state index contributed by atoms with van der Waals surface area (Å²) in [4.78, 5) is 19.5. The van der Waals surface area contributed by atoms with Crippen LogP contribution in [0.3, 0.4) is 0 Å². The highest BCUT2D eigenvalue weighted by molar-refractivity contribution is 7.21. The normalized spacial score (nSPS) is 13.3. The fourth-order valence-electron chi connectivity index (χ4n) is 4.69. The molecule has 0 saturated heterocycles. The van der Waals surface area contributed by atoms with Crippen molar-refractivity contribution < 1.29 is 4.79 Å². The Labute approximate surface area is 209 Å². The minimum Gasteiger partial charge on any atom is -0.397 e. The van der Waals surface area contributed by atoms with E-state index in [4.69, 9.17) is 22.3 Å². The molecule has 2 aromatic carbocycles. The maximum Gasteiger partial charge on any atom is 0.267 e. The third-order valence-electron chi connectivity index (χ3n) is 6.66. The highest BCUT2D eigenvalue weighted by Crippen LogP contribution is 2.44. The van der Waals surface area contributed by atoms with Gasteiger partial charge in [-0.2, -0.15) is 0 Å². The van der Waals surface area contributed by atoms with Gasteiger partial charge in [0.1, 0.15) is 9.71 Å². The van der Waals surface area contributed by atoms with Crippen LogP contribution in [0, 0.1) is 6.92 Å². The predicted octanol–water partition coefficient (Wildman–Crippen LogP) is 7.76. The summed E-state index contributed by atoms with van der Waals surface area (Å²) in [6.45, 7) is 6.33. The van der Waals surface area contributed by atoms with E-state index in [1.165, 1.54) is 22.5 Å². The molecule has 4 aromatic rings. The summed E-state index contributed by atoms with van der Waals surface area (Å²) < 4.78 is 0. The van der Waals surface area contributed by atoms with Gasteiger partial charge in [-0.1, -0.05) is 55.8 Å². The summed E-state index contributed by atoms with van der Waals surface area (Å²) in [6, 6.07) is 14.3. The van der Waals surface area contributed by atoms with Crippen LogP contribution in [0.25, 0.3) is 21.3 Å². The fourth-order valence-corrected chi connectivity index (χ4v) is 5.89. The Hall–Kier alpha value is -2.89. The number of amides is 1. The van der Waals surface area contributed by atoms with Crippen LogP contribution in [0.4, 0.5) is 11.4 Å². The van der Waals surface area contributed by atoms with Crippen molar-refractivity contribution in [2.45, 2.75) is 52.4 Å².